The molecule has 0 saturated heterocycles. The predicted molar refractivity (Wildman–Crippen MR) is 118 cm³/mol. The van der Waals surface area contributed by atoms with Crippen molar-refractivity contribution in [3.8, 4) is 0 Å². The van der Waals surface area contributed by atoms with Crippen LogP contribution in [0.4, 0.5) is 5.69 Å². The van der Waals surface area contributed by atoms with Crippen molar-refractivity contribution in [2.45, 2.75) is 31.2 Å². The molecule has 30 heavy (non-hydrogen) atoms. The van der Waals surface area contributed by atoms with E-state index in [0.717, 1.165) is 29.7 Å². The van der Waals surface area contributed by atoms with E-state index in [4.69, 9.17) is 0 Å². The van der Waals surface area contributed by atoms with E-state index in [1.54, 1.807) is 12.1 Å². The van der Waals surface area contributed by atoms with E-state index in [-0.39, 0.29) is 10.8 Å². The minimum atomic E-state index is -3.68. The number of carbonyl (C=O) groups excluding carboxylic acids is 1. The van der Waals surface area contributed by atoms with Crippen molar-refractivity contribution in [3.63, 3.8) is 0 Å². The zero-order chi connectivity index (χ0) is 21.1. The maximum atomic E-state index is 13.2. The maximum Gasteiger partial charge on any atom is 0.264 e. The van der Waals surface area contributed by atoms with Gasteiger partial charge in [-0.15, -0.1) is 0 Å². The van der Waals surface area contributed by atoms with Crippen molar-refractivity contribution in [2.24, 2.45) is 0 Å². The number of anilines is 1. The fraction of sp³-hybridized carbons (Fsp3) is 0.208. The Balaban J connectivity index is 1.49. The molecule has 1 aliphatic rings. The Morgan fingerprint density at radius 2 is 1.67 bits per heavy atom. The Morgan fingerprint density at radius 1 is 0.967 bits per heavy atom. The van der Waals surface area contributed by atoms with Crippen LogP contribution in [0.1, 0.15) is 33.5 Å². The molecule has 4 rings (SSSR count). The smallest absolute Gasteiger partial charge is 0.264 e. The van der Waals surface area contributed by atoms with Gasteiger partial charge in [-0.2, -0.15) is 0 Å². The molecule has 1 amide bonds. The Hall–Kier alpha value is -3.12. The van der Waals surface area contributed by atoms with Gasteiger partial charge in [0.2, 0.25) is 0 Å². The van der Waals surface area contributed by atoms with Crippen LogP contribution < -0.4 is 9.62 Å². The van der Waals surface area contributed by atoms with Crippen LogP contribution in [-0.2, 0) is 23.0 Å². The van der Waals surface area contributed by atoms with Crippen molar-refractivity contribution >= 4 is 21.6 Å². The number of carbonyl (C=O) groups is 1. The minimum Gasteiger partial charge on any atom is -0.348 e. The summed E-state index contributed by atoms with van der Waals surface area (Å²) in [6, 6.07) is 21.7. The summed E-state index contributed by atoms with van der Waals surface area (Å²) < 4.78 is 27.9. The predicted octanol–water partition coefficient (Wildman–Crippen LogP) is 4.07. The lowest BCUT2D eigenvalue weighted by atomic mass is 10.0. The molecule has 0 fully saturated rings. The van der Waals surface area contributed by atoms with Crippen LogP contribution in [0, 0.1) is 6.92 Å². The molecule has 6 heteroatoms. The highest BCUT2D eigenvalue weighted by Crippen LogP contribution is 2.31. The molecular formula is C24H24N2O3S. The van der Waals surface area contributed by atoms with Gasteiger partial charge >= 0.3 is 0 Å². The Bertz CT molecular complexity index is 1150. The summed E-state index contributed by atoms with van der Waals surface area (Å²) in [4.78, 5) is 12.6. The van der Waals surface area contributed by atoms with E-state index in [0.29, 0.717) is 18.7 Å². The second-order valence-electron chi connectivity index (χ2n) is 7.50. The molecule has 0 saturated carbocycles. The highest BCUT2D eigenvalue weighted by molar-refractivity contribution is 7.92. The highest BCUT2D eigenvalue weighted by Gasteiger charge is 2.28. The lowest BCUT2D eigenvalue weighted by Gasteiger charge is -2.30. The fourth-order valence-electron chi connectivity index (χ4n) is 3.64. The van der Waals surface area contributed by atoms with Crippen LogP contribution in [0.15, 0.2) is 77.7 Å². The molecule has 154 valence electrons. The second-order valence-corrected chi connectivity index (χ2v) is 9.36. The zero-order valence-electron chi connectivity index (χ0n) is 16.8. The Kier molecular flexibility index (Phi) is 5.59. The first-order valence-electron chi connectivity index (χ1n) is 9.99. The van der Waals surface area contributed by atoms with Crippen molar-refractivity contribution < 1.29 is 13.2 Å². The first-order valence-corrected chi connectivity index (χ1v) is 11.4. The summed E-state index contributed by atoms with van der Waals surface area (Å²) in [5, 5.41) is 2.87. The molecule has 0 atom stereocenters. The van der Waals surface area contributed by atoms with Crippen LogP contribution in [-0.4, -0.2) is 20.9 Å². The monoisotopic (exact) mass is 420 g/mol. The molecule has 5 nitrogen and oxygen atoms in total. The summed E-state index contributed by atoms with van der Waals surface area (Å²) in [6.07, 6.45) is 1.66. The van der Waals surface area contributed by atoms with Gasteiger partial charge in [0, 0.05) is 18.7 Å². The van der Waals surface area contributed by atoms with Crippen LogP contribution in [0.25, 0.3) is 0 Å². The minimum absolute atomic E-state index is 0.189. The summed E-state index contributed by atoms with van der Waals surface area (Å²) in [5.41, 5.74) is 4.39. The lowest BCUT2D eigenvalue weighted by molar-refractivity contribution is 0.0951. The van der Waals surface area contributed by atoms with E-state index < -0.39 is 10.0 Å². The van der Waals surface area contributed by atoms with E-state index in [1.165, 1.54) is 22.0 Å². The molecule has 0 aliphatic carbocycles. The average molecular weight is 421 g/mol. The summed E-state index contributed by atoms with van der Waals surface area (Å²) >= 11 is 0. The molecule has 1 aliphatic heterocycles. The van der Waals surface area contributed by atoms with E-state index in [2.05, 4.69) is 5.32 Å². The van der Waals surface area contributed by atoms with Gasteiger partial charge in [-0.25, -0.2) is 8.42 Å². The molecule has 0 bridgehead atoms. The molecule has 3 aromatic rings. The number of hydrogen-bond acceptors (Lipinski definition) is 3. The first-order chi connectivity index (χ1) is 14.4. The average Bonchev–Trinajstić information content (AvgIpc) is 2.78. The van der Waals surface area contributed by atoms with E-state index >= 15 is 0 Å². The summed E-state index contributed by atoms with van der Waals surface area (Å²) in [5.74, 6) is -0.233. The third kappa shape index (κ3) is 4.09. The molecular weight excluding hydrogens is 396 g/mol. The maximum absolute atomic E-state index is 13.2. The van der Waals surface area contributed by atoms with E-state index in [1.807, 2.05) is 55.5 Å². The van der Waals surface area contributed by atoms with E-state index in [9.17, 15) is 13.2 Å². The van der Waals surface area contributed by atoms with Gasteiger partial charge in [0.05, 0.1) is 10.6 Å². The second kappa shape index (κ2) is 8.32. The number of nitrogens with one attached hydrogen (secondary N) is 1. The number of para-hydroxylation sites is 1. The van der Waals surface area contributed by atoms with Gasteiger partial charge in [0.1, 0.15) is 0 Å². The number of amides is 1. The molecule has 1 N–H and O–H groups in total. The largest absolute Gasteiger partial charge is 0.348 e. The molecule has 1 heterocycles. The van der Waals surface area contributed by atoms with Crippen LogP contribution >= 0.6 is 0 Å². The third-order valence-electron chi connectivity index (χ3n) is 5.35. The molecule has 0 spiro atoms. The Labute approximate surface area is 177 Å². The standard InChI is InChI=1S/C24H24N2O3S/c1-18-8-10-19(11-9-18)17-25-24(27)21-12-14-22(15-13-21)30(28,29)26-16-4-6-20-5-2-3-7-23(20)26/h2-3,5,7-15H,4,6,16-17H2,1H3,(H,25,27). The lowest BCUT2D eigenvalue weighted by Crippen LogP contribution is -2.35. The molecule has 3 aromatic carbocycles. The normalized spacial score (nSPS) is 13.6. The SMILES string of the molecule is Cc1ccc(CNC(=O)c2ccc(S(=O)(=O)N3CCCc4ccccc43)cc2)cc1. The number of hydrogen-bond donors (Lipinski definition) is 1. The van der Waals surface area contributed by atoms with Crippen LogP contribution in [0.5, 0.6) is 0 Å². The number of benzene rings is 3. The topological polar surface area (TPSA) is 66.5 Å². The third-order valence-corrected chi connectivity index (χ3v) is 7.17. The van der Waals surface area contributed by atoms with Crippen molar-refractivity contribution in [1.82, 2.24) is 5.32 Å². The van der Waals surface area contributed by atoms with Crippen molar-refractivity contribution in [3.05, 3.63) is 95.1 Å². The Morgan fingerprint density at radius 3 is 2.40 bits per heavy atom. The van der Waals surface area contributed by atoms with Gasteiger partial charge in [-0.05, 0) is 61.2 Å². The number of nitrogens with zero attached hydrogens (tertiary/aromatic N) is 1. The zero-order valence-corrected chi connectivity index (χ0v) is 17.7. The van der Waals surface area contributed by atoms with Gasteiger partial charge in [-0.3, -0.25) is 9.10 Å². The van der Waals surface area contributed by atoms with Gasteiger partial charge in [-0.1, -0.05) is 48.0 Å². The number of fused-ring (bicyclic) bond motifs is 1. The summed E-state index contributed by atoms with van der Waals surface area (Å²) in [7, 11) is -3.68. The van der Waals surface area contributed by atoms with Gasteiger partial charge < -0.3 is 5.32 Å². The fourth-order valence-corrected chi connectivity index (χ4v) is 5.19. The first kappa shape index (κ1) is 20.2. The van der Waals surface area contributed by atoms with Crippen LogP contribution in [0.2, 0.25) is 0 Å². The highest BCUT2D eigenvalue weighted by atomic mass is 32.2. The van der Waals surface area contributed by atoms with Crippen molar-refractivity contribution in [2.75, 3.05) is 10.8 Å². The molecule has 0 radical (unpaired) electrons. The quantitative estimate of drug-likeness (QED) is 0.677. The summed E-state index contributed by atoms with van der Waals surface area (Å²) in [6.45, 7) is 2.89. The molecule has 0 unspecified atom stereocenters. The number of rotatable bonds is 5. The van der Waals surface area contributed by atoms with Gasteiger partial charge in [0.15, 0.2) is 0 Å². The van der Waals surface area contributed by atoms with Crippen LogP contribution in [0.3, 0.4) is 0 Å². The van der Waals surface area contributed by atoms with Gasteiger partial charge in [0.25, 0.3) is 15.9 Å². The van der Waals surface area contributed by atoms with Crippen molar-refractivity contribution in [1.29, 1.82) is 0 Å². The molecule has 0 aromatic heterocycles. The number of sulfonamides is 1. The number of aryl methyl sites for hydroxylation is 2.